The Morgan fingerprint density at radius 1 is 1.07 bits per heavy atom. The van der Waals surface area contributed by atoms with Gasteiger partial charge >= 0.3 is 0 Å². The molecule has 1 aromatic carbocycles. The van der Waals surface area contributed by atoms with E-state index in [9.17, 15) is 19.5 Å². The van der Waals surface area contributed by atoms with E-state index in [4.69, 9.17) is 10.2 Å². The highest BCUT2D eigenvalue weighted by Gasteiger charge is 2.54. The van der Waals surface area contributed by atoms with Crippen LogP contribution in [0, 0.1) is 13.8 Å². The third-order valence-electron chi connectivity index (χ3n) is 10.2. The van der Waals surface area contributed by atoms with Gasteiger partial charge in [0.2, 0.25) is 11.8 Å². The molecule has 5 rings (SSSR count). The average molecular weight is 659 g/mol. The molecular formula is C34H51ClN6O5. The monoisotopic (exact) mass is 658 g/mol. The molecule has 3 heterocycles. The van der Waals surface area contributed by atoms with Gasteiger partial charge in [-0.2, -0.15) is 5.10 Å². The highest BCUT2D eigenvalue weighted by molar-refractivity contribution is 6.00. The number of aryl methyl sites for hydroxylation is 1. The molecule has 0 unspecified atom stereocenters. The maximum absolute atomic E-state index is 13.9. The topological polar surface area (TPSA) is 140 Å². The molecule has 1 aliphatic carbocycles. The number of piperazine rings is 1. The van der Waals surface area contributed by atoms with E-state index in [2.05, 4.69) is 22.5 Å². The molecule has 254 valence electrons. The molecule has 2 aliphatic heterocycles. The minimum Gasteiger partial charge on any atom is -0.395 e. The fourth-order valence-electron chi connectivity index (χ4n) is 7.43. The van der Waals surface area contributed by atoms with Gasteiger partial charge in [0, 0.05) is 56.0 Å². The van der Waals surface area contributed by atoms with Crippen LogP contribution in [0.15, 0.2) is 24.3 Å². The zero-order valence-electron chi connectivity index (χ0n) is 27.5. The van der Waals surface area contributed by atoms with Crippen LogP contribution in [0.3, 0.4) is 0 Å². The van der Waals surface area contributed by atoms with Gasteiger partial charge in [0.05, 0.1) is 23.6 Å². The molecule has 46 heavy (non-hydrogen) atoms. The van der Waals surface area contributed by atoms with Crippen molar-refractivity contribution in [1.82, 2.24) is 30.2 Å². The Hall–Kier alpha value is -2.99. The van der Waals surface area contributed by atoms with Crippen LogP contribution in [0.1, 0.15) is 98.4 Å². The minimum absolute atomic E-state index is 0. The summed E-state index contributed by atoms with van der Waals surface area (Å²) in [6.07, 6.45) is 7.60. The normalized spacial score (nSPS) is 21.2. The van der Waals surface area contributed by atoms with Crippen molar-refractivity contribution in [2.75, 3.05) is 32.8 Å². The summed E-state index contributed by atoms with van der Waals surface area (Å²) < 4.78 is 1.89. The molecule has 11 nitrogen and oxygen atoms in total. The summed E-state index contributed by atoms with van der Waals surface area (Å²) in [6.45, 7) is 8.86. The van der Waals surface area contributed by atoms with E-state index < -0.39 is 17.2 Å². The molecule has 1 saturated carbocycles. The highest BCUT2D eigenvalue weighted by atomic mass is 35.5. The smallest absolute Gasteiger partial charge is 0.251 e. The van der Waals surface area contributed by atoms with E-state index in [1.54, 1.807) is 12.1 Å². The summed E-state index contributed by atoms with van der Waals surface area (Å²) in [5.41, 5.74) is 2.71. The Labute approximate surface area is 278 Å². The number of aliphatic hydroxyl groups excluding tert-OH is 1. The first-order chi connectivity index (χ1) is 21.6. The zero-order valence-corrected chi connectivity index (χ0v) is 28.3. The lowest BCUT2D eigenvalue weighted by molar-refractivity contribution is -0.163. The fraction of sp³-hybridized carbons (Fsp3) is 0.647. The van der Waals surface area contributed by atoms with Crippen molar-refractivity contribution < 1.29 is 24.6 Å². The van der Waals surface area contributed by atoms with E-state index in [0.29, 0.717) is 63.8 Å². The Balaban J connectivity index is 0.00000480. The van der Waals surface area contributed by atoms with Crippen LogP contribution in [0.2, 0.25) is 0 Å². The molecule has 3 fully saturated rings. The number of piperidine rings is 1. The van der Waals surface area contributed by atoms with Gasteiger partial charge in [-0.25, -0.2) is 4.68 Å². The Morgan fingerprint density at radius 3 is 2.37 bits per heavy atom. The maximum atomic E-state index is 13.9. The first kappa shape index (κ1) is 35.9. The van der Waals surface area contributed by atoms with Crippen molar-refractivity contribution in [3.05, 3.63) is 46.8 Å². The summed E-state index contributed by atoms with van der Waals surface area (Å²) in [5, 5.41) is 30.7. The van der Waals surface area contributed by atoms with Crippen LogP contribution < -0.4 is 10.6 Å². The van der Waals surface area contributed by atoms with E-state index in [1.807, 2.05) is 35.6 Å². The number of nitrogens with one attached hydrogen (secondary N) is 2. The van der Waals surface area contributed by atoms with Gasteiger partial charge in [-0.3, -0.25) is 19.3 Å². The van der Waals surface area contributed by atoms with Crippen molar-refractivity contribution in [3.8, 4) is 5.69 Å². The third kappa shape index (κ3) is 7.43. The number of nitrogens with zero attached hydrogens (tertiary/aromatic N) is 4. The predicted molar refractivity (Wildman–Crippen MR) is 178 cm³/mol. The second kappa shape index (κ2) is 15.3. The van der Waals surface area contributed by atoms with Crippen LogP contribution in [0.25, 0.3) is 5.69 Å². The number of unbranched alkanes of at least 4 members (excludes halogenated alkanes) is 1. The van der Waals surface area contributed by atoms with E-state index in [0.717, 1.165) is 54.7 Å². The zero-order chi connectivity index (χ0) is 32.2. The van der Waals surface area contributed by atoms with Crippen molar-refractivity contribution in [2.45, 2.75) is 109 Å². The molecule has 0 radical (unpaired) electrons. The molecular weight excluding hydrogens is 608 g/mol. The Morgan fingerprint density at radius 2 is 1.74 bits per heavy atom. The van der Waals surface area contributed by atoms with Crippen LogP contribution in [-0.4, -0.2) is 97.5 Å². The maximum Gasteiger partial charge on any atom is 0.251 e. The lowest BCUT2D eigenvalue weighted by Gasteiger charge is -2.52. The molecule has 3 amide bonds. The number of halogens is 1. The molecule has 1 atom stereocenters. The van der Waals surface area contributed by atoms with Crippen molar-refractivity contribution in [1.29, 1.82) is 0 Å². The summed E-state index contributed by atoms with van der Waals surface area (Å²) >= 11 is 0. The number of rotatable bonds is 11. The molecule has 4 N–H and O–H groups in total. The van der Waals surface area contributed by atoms with Gasteiger partial charge in [-0.1, -0.05) is 32.6 Å². The van der Waals surface area contributed by atoms with E-state index in [-0.39, 0.29) is 43.3 Å². The first-order valence-electron chi connectivity index (χ1n) is 16.7. The lowest BCUT2D eigenvalue weighted by Crippen LogP contribution is -2.73. The van der Waals surface area contributed by atoms with Crippen molar-refractivity contribution in [2.24, 2.45) is 0 Å². The quantitative estimate of drug-likeness (QED) is 0.291. The largest absolute Gasteiger partial charge is 0.395 e. The van der Waals surface area contributed by atoms with Gasteiger partial charge in [0.15, 0.2) is 0 Å². The molecule has 1 spiro atoms. The number of hydrogen-bond donors (Lipinski definition) is 4. The van der Waals surface area contributed by atoms with Crippen LogP contribution in [-0.2, 0) is 16.1 Å². The van der Waals surface area contributed by atoms with E-state index in [1.165, 1.54) is 0 Å². The molecule has 2 aromatic rings. The van der Waals surface area contributed by atoms with Crippen LogP contribution >= 0.6 is 12.4 Å². The number of aromatic nitrogens is 2. The number of aliphatic hydroxyl groups is 2. The standard InChI is InChI=1S/C34H50N6O5.ClH/c1-4-5-18-39-31(43)29(22-33(45)13-7-6-8-14-33)36-32(44)34(39)15-19-38(20-16-34)23-28-24(2)37-40(25(28)3)27-11-9-26(10-12-27)30(42)35-17-21-41;/h9-12,29,41,45H,4-8,13-23H2,1-3H3,(H,35,42)(H,36,44);1H/t29-;/m1./s1. The Kier molecular flexibility index (Phi) is 11.9. The third-order valence-corrected chi connectivity index (χ3v) is 10.2. The fourth-order valence-corrected chi connectivity index (χ4v) is 7.43. The lowest BCUT2D eigenvalue weighted by atomic mass is 9.77. The van der Waals surface area contributed by atoms with Gasteiger partial charge in [0.25, 0.3) is 5.91 Å². The SMILES string of the molecule is CCCCN1C(=O)[C@@H](CC2(O)CCCCC2)NC(=O)C12CCN(Cc1c(C)nn(-c3ccc(C(=O)NCCO)cc3)c1C)CC2.Cl. The van der Waals surface area contributed by atoms with Crippen LogP contribution in [0.5, 0.6) is 0 Å². The van der Waals surface area contributed by atoms with Gasteiger partial charge in [-0.15, -0.1) is 12.4 Å². The molecule has 1 aromatic heterocycles. The number of carbonyl (C=O) groups is 3. The molecule has 0 bridgehead atoms. The molecule has 2 saturated heterocycles. The number of amides is 3. The van der Waals surface area contributed by atoms with Gasteiger partial charge in [0.1, 0.15) is 11.6 Å². The summed E-state index contributed by atoms with van der Waals surface area (Å²) in [6, 6.07) is 6.57. The van der Waals surface area contributed by atoms with Crippen molar-refractivity contribution in [3.63, 3.8) is 0 Å². The Bertz CT molecular complexity index is 1360. The second-order valence-corrected chi connectivity index (χ2v) is 13.3. The van der Waals surface area contributed by atoms with Crippen LogP contribution in [0.4, 0.5) is 0 Å². The summed E-state index contributed by atoms with van der Waals surface area (Å²) in [4.78, 5) is 44.2. The number of hydrogen-bond acceptors (Lipinski definition) is 7. The van der Waals surface area contributed by atoms with E-state index >= 15 is 0 Å². The average Bonchev–Trinajstić information content (AvgIpc) is 3.32. The number of benzene rings is 1. The molecule has 3 aliphatic rings. The second-order valence-electron chi connectivity index (χ2n) is 13.3. The predicted octanol–water partition coefficient (Wildman–Crippen LogP) is 3.18. The first-order valence-corrected chi connectivity index (χ1v) is 16.7. The molecule has 12 heteroatoms. The van der Waals surface area contributed by atoms with Gasteiger partial charge < -0.3 is 25.7 Å². The minimum atomic E-state index is -0.882. The highest BCUT2D eigenvalue weighted by Crippen LogP contribution is 2.38. The summed E-state index contributed by atoms with van der Waals surface area (Å²) in [5.74, 6) is -0.345. The summed E-state index contributed by atoms with van der Waals surface area (Å²) in [7, 11) is 0. The van der Waals surface area contributed by atoms with Gasteiger partial charge in [-0.05, 0) is 70.2 Å². The number of carbonyl (C=O) groups excluding carboxylic acids is 3. The van der Waals surface area contributed by atoms with Crippen molar-refractivity contribution >= 4 is 30.1 Å². The number of likely N-dealkylation sites (tertiary alicyclic amines) is 1.